The van der Waals surface area contributed by atoms with E-state index >= 15 is 0 Å². The molecule has 1 saturated heterocycles. The number of aromatic nitrogens is 1. The standard InChI is InChI=1S/C10H15N3OS/c11-4-8-2-1-3-13(6-8)10(14)9-5-12-7-15-9/h5,7-8H,1-4,6,11H2. The van der Waals surface area contributed by atoms with Gasteiger partial charge in [-0.25, -0.2) is 0 Å². The van der Waals surface area contributed by atoms with Crippen LogP contribution >= 0.6 is 11.3 Å². The lowest BCUT2D eigenvalue weighted by Crippen LogP contribution is -2.41. The topological polar surface area (TPSA) is 59.2 Å². The molecule has 1 aromatic rings. The van der Waals surface area contributed by atoms with Gasteiger partial charge in [-0.2, -0.15) is 0 Å². The molecule has 1 fully saturated rings. The van der Waals surface area contributed by atoms with Gasteiger partial charge in [0.1, 0.15) is 4.88 Å². The molecule has 2 rings (SSSR count). The molecule has 0 aliphatic carbocycles. The highest BCUT2D eigenvalue weighted by atomic mass is 32.1. The number of carbonyl (C=O) groups excluding carboxylic acids is 1. The molecular formula is C10H15N3OS. The molecule has 2 heterocycles. The van der Waals surface area contributed by atoms with E-state index in [0.29, 0.717) is 12.5 Å². The summed E-state index contributed by atoms with van der Waals surface area (Å²) < 4.78 is 0. The summed E-state index contributed by atoms with van der Waals surface area (Å²) >= 11 is 1.40. The number of likely N-dealkylation sites (tertiary alicyclic amines) is 1. The van der Waals surface area contributed by atoms with Crippen LogP contribution in [0.15, 0.2) is 11.7 Å². The van der Waals surface area contributed by atoms with Gasteiger partial charge in [-0.15, -0.1) is 11.3 Å². The lowest BCUT2D eigenvalue weighted by Gasteiger charge is -2.31. The molecule has 0 radical (unpaired) electrons. The molecule has 1 aliphatic rings. The minimum atomic E-state index is 0.107. The number of amides is 1. The molecule has 0 spiro atoms. The van der Waals surface area contributed by atoms with Crippen LogP contribution in [-0.2, 0) is 0 Å². The first kappa shape index (κ1) is 10.6. The summed E-state index contributed by atoms with van der Waals surface area (Å²) in [6.07, 6.45) is 3.84. The Balaban J connectivity index is 2.01. The van der Waals surface area contributed by atoms with Gasteiger partial charge in [-0.1, -0.05) is 0 Å². The maximum atomic E-state index is 12.0. The molecule has 82 valence electrons. The Hall–Kier alpha value is -0.940. The van der Waals surface area contributed by atoms with Gasteiger partial charge >= 0.3 is 0 Å². The summed E-state index contributed by atoms with van der Waals surface area (Å²) in [5, 5.41) is 0. The van der Waals surface area contributed by atoms with E-state index in [1.807, 2.05) is 4.90 Å². The zero-order chi connectivity index (χ0) is 10.7. The lowest BCUT2D eigenvalue weighted by molar-refractivity contribution is 0.0683. The number of carbonyl (C=O) groups is 1. The van der Waals surface area contributed by atoms with Crippen LogP contribution in [0.25, 0.3) is 0 Å². The summed E-state index contributed by atoms with van der Waals surface area (Å²) in [4.78, 5) is 18.5. The number of hydrogen-bond acceptors (Lipinski definition) is 4. The van der Waals surface area contributed by atoms with Crippen LogP contribution in [0.1, 0.15) is 22.5 Å². The zero-order valence-corrected chi connectivity index (χ0v) is 9.37. The Labute approximate surface area is 93.1 Å². The molecule has 5 heteroatoms. The van der Waals surface area contributed by atoms with Crippen molar-refractivity contribution in [2.24, 2.45) is 11.7 Å². The number of rotatable bonds is 2. The minimum absolute atomic E-state index is 0.107. The van der Waals surface area contributed by atoms with E-state index in [1.54, 1.807) is 11.7 Å². The van der Waals surface area contributed by atoms with Crippen LogP contribution < -0.4 is 5.73 Å². The number of nitrogens with two attached hydrogens (primary N) is 1. The summed E-state index contributed by atoms with van der Waals surface area (Å²) in [6.45, 7) is 2.33. The molecule has 15 heavy (non-hydrogen) atoms. The number of hydrogen-bond donors (Lipinski definition) is 1. The maximum Gasteiger partial charge on any atom is 0.265 e. The van der Waals surface area contributed by atoms with Crippen molar-refractivity contribution in [3.05, 3.63) is 16.6 Å². The van der Waals surface area contributed by atoms with Crippen LogP contribution in [0.2, 0.25) is 0 Å². The molecule has 1 aliphatic heterocycles. The molecule has 0 aromatic carbocycles. The highest BCUT2D eigenvalue weighted by molar-refractivity contribution is 7.11. The van der Waals surface area contributed by atoms with Gasteiger partial charge in [-0.05, 0) is 25.3 Å². The number of nitrogens with zero attached hydrogens (tertiary/aromatic N) is 2. The molecule has 0 saturated carbocycles. The van der Waals surface area contributed by atoms with Crippen molar-refractivity contribution in [3.63, 3.8) is 0 Å². The third-order valence-electron chi connectivity index (χ3n) is 2.78. The third-order valence-corrected chi connectivity index (χ3v) is 3.54. The van der Waals surface area contributed by atoms with Crippen LogP contribution in [0.4, 0.5) is 0 Å². The fourth-order valence-electron chi connectivity index (χ4n) is 1.92. The molecule has 1 unspecified atom stereocenters. The molecular weight excluding hydrogens is 210 g/mol. The third kappa shape index (κ3) is 2.35. The van der Waals surface area contributed by atoms with Crippen LogP contribution in [0, 0.1) is 5.92 Å². The average molecular weight is 225 g/mol. The second-order valence-corrected chi connectivity index (χ2v) is 4.75. The van der Waals surface area contributed by atoms with Gasteiger partial charge in [-0.3, -0.25) is 9.78 Å². The first-order chi connectivity index (χ1) is 7.31. The van der Waals surface area contributed by atoms with E-state index in [0.717, 1.165) is 30.8 Å². The Morgan fingerprint density at radius 3 is 3.27 bits per heavy atom. The van der Waals surface area contributed by atoms with Crippen LogP contribution in [-0.4, -0.2) is 35.4 Å². The van der Waals surface area contributed by atoms with Crippen LogP contribution in [0.5, 0.6) is 0 Å². The van der Waals surface area contributed by atoms with E-state index in [1.165, 1.54) is 11.3 Å². The Kier molecular flexibility index (Phi) is 3.33. The number of piperidine rings is 1. The fourth-order valence-corrected chi connectivity index (χ4v) is 2.51. The first-order valence-corrected chi connectivity index (χ1v) is 6.07. The molecule has 1 aromatic heterocycles. The van der Waals surface area contributed by atoms with Gasteiger partial charge in [0, 0.05) is 13.1 Å². The molecule has 1 atom stereocenters. The smallest absolute Gasteiger partial charge is 0.265 e. The normalized spacial score (nSPS) is 21.7. The molecule has 0 bridgehead atoms. The summed E-state index contributed by atoms with van der Waals surface area (Å²) in [6, 6.07) is 0. The summed E-state index contributed by atoms with van der Waals surface area (Å²) in [5.74, 6) is 0.575. The predicted molar refractivity (Wildman–Crippen MR) is 59.8 cm³/mol. The fraction of sp³-hybridized carbons (Fsp3) is 0.600. The quantitative estimate of drug-likeness (QED) is 0.815. The minimum Gasteiger partial charge on any atom is -0.338 e. The molecule has 1 amide bonds. The van der Waals surface area contributed by atoms with Gasteiger partial charge in [0.05, 0.1) is 11.7 Å². The Bertz CT molecular complexity index is 325. The van der Waals surface area contributed by atoms with Gasteiger partial charge in [0.2, 0.25) is 0 Å². The predicted octanol–water partition coefficient (Wildman–Crippen LogP) is 0.954. The van der Waals surface area contributed by atoms with Crippen molar-refractivity contribution in [1.82, 2.24) is 9.88 Å². The SMILES string of the molecule is NCC1CCCN(C(=O)c2cncs2)C1. The van der Waals surface area contributed by atoms with Gasteiger partial charge in [0.25, 0.3) is 5.91 Å². The monoisotopic (exact) mass is 225 g/mol. The lowest BCUT2D eigenvalue weighted by atomic mass is 9.98. The van der Waals surface area contributed by atoms with Crippen molar-refractivity contribution >= 4 is 17.2 Å². The van der Waals surface area contributed by atoms with Crippen LogP contribution in [0.3, 0.4) is 0 Å². The van der Waals surface area contributed by atoms with E-state index < -0.39 is 0 Å². The van der Waals surface area contributed by atoms with Crippen molar-refractivity contribution in [1.29, 1.82) is 0 Å². The van der Waals surface area contributed by atoms with Gasteiger partial charge < -0.3 is 10.6 Å². The second-order valence-electron chi connectivity index (χ2n) is 3.86. The highest BCUT2D eigenvalue weighted by Crippen LogP contribution is 2.18. The van der Waals surface area contributed by atoms with Crippen molar-refractivity contribution in [3.8, 4) is 0 Å². The zero-order valence-electron chi connectivity index (χ0n) is 8.56. The van der Waals surface area contributed by atoms with Crippen molar-refractivity contribution in [2.75, 3.05) is 19.6 Å². The van der Waals surface area contributed by atoms with E-state index in [2.05, 4.69) is 4.98 Å². The van der Waals surface area contributed by atoms with E-state index in [-0.39, 0.29) is 5.91 Å². The Morgan fingerprint density at radius 1 is 1.73 bits per heavy atom. The largest absolute Gasteiger partial charge is 0.338 e. The van der Waals surface area contributed by atoms with Crippen molar-refractivity contribution < 1.29 is 4.79 Å². The van der Waals surface area contributed by atoms with E-state index in [9.17, 15) is 4.79 Å². The highest BCUT2D eigenvalue weighted by Gasteiger charge is 2.24. The van der Waals surface area contributed by atoms with Crippen molar-refractivity contribution in [2.45, 2.75) is 12.8 Å². The summed E-state index contributed by atoms with van der Waals surface area (Å²) in [7, 11) is 0. The number of thiazole rings is 1. The maximum absolute atomic E-state index is 12.0. The van der Waals surface area contributed by atoms with E-state index in [4.69, 9.17) is 5.73 Å². The average Bonchev–Trinajstić information content (AvgIpc) is 2.81. The first-order valence-electron chi connectivity index (χ1n) is 5.19. The van der Waals surface area contributed by atoms with Gasteiger partial charge in [0.15, 0.2) is 0 Å². The molecule has 4 nitrogen and oxygen atoms in total. The second kappa shape index (κ2) is 4.72. The Morgan fingerprint density at radius 2 is 2.60 bits per heavy atom. The molecule has 2 N–H and O–H groups in total. The summed E-state index contributed by atoms with van der Waals surface area (Å²) in [5.41, 5.74) is 7.33.